The number of methoxy groups -OCH3 is 1. The number of carbonyl (C=O) groups excluding carboxylic acids is 1. The molecule has 0 bridgehead atoms. The van der Waals surface area contributed by atoms with Gasteiger partial charge in [-0.15, -0.1) is 0 Å². The smallest absolute Gasteiger partial charge is 0.160 e. The first-order valence-corrected chi connectivity index (χ1v) is 7.54. The van der Waals surface area contributed by atoms with E-state index < -0.39 is 0 Å². The number of phenols is 1. The molecule has 114 valence electrons. The summed E-state index contributed by atoms with van der Waals surface area (Å²) in [7, 11) is 1.53. The van der Waals surface area contributed by atoms with Crippen LogP contribution in [0.25, 0.3) is 0 Å². The molecule has 3 heteroatoms. The van der Waals surface area contributed by atoms with Crippen molar-refractivity contribution < 1.29 is 14.6 Å². The molecule has 1 N–H and O–H groups in total. The zero-order valence-electron chi connectivity index (χ0n) is 12.8. The van der Waals surface area contributed by atoms with Crippen molar-refractivity contribution in [1.82, 2.24) is 0 Å². The van der Waals surface area contributed by atoms with Crippen molar-refractivity contribution in [2.24, 2.45) is 11.8 Å². The molecule has 22 heavy (non-hydrogen) atoms. The van der Waals surface area contributed by atoms with Crippen LogP contribution in [-0.2, 0) is 4.79 Å². The van der Waals surface area contributed by atoms with Crippen molar-refractivity contribution in [1.29, 1.82) is 0 Å². The number of benzene rings is 2. The molecule has 1 saturated carbocycles. The van der Waals surface area contributed by atoms with Gasteiger partial charge in [0.05, 0.1) is 7.11 Å². The molecule has 4 atom stereocenters. The van der Waals surface area contributed by atoms with E-state index in [9.17, 15) is 9.90 Å². The van der Waals surface area contributed by atoms with Gasteiger partial charge in [0.15, 0.2) is 11.5 Å². The fraction of sp³-hybridized carbons (Fsp3) is 0.316. The first kappa shape index (κ1) is 14.6. The van der Waals surface area contributed by atoms with Crippen molar-refractivity contribution in [2.45, 2.75) is 18.8 Å². The molecule has 0 aliphatic heterocycles. The lowest BCUT2D eigenvalue weighted by molar-refractivity contribution is -0.117. The Morgan fingerprint density at radius 3 is 2.36 bits per heavy atom. The normalized spacial score (nSPS) is 27.0. The minimum Gasteiger partial charge on any atom is -0.504 e. The summed E-state index contributed by atoms with van der Waals surface area (Å²) in [6, 6.07) is 15.6. The minimum absolute atomic E-state index is 0.0355. The van der Waals surface area contributed by atoms with E-state index in [4.69, 9.17) is 4.74 Å². The molecule has 3 rings (SSSR count). The number of phenolic OH excluding ortho intramolecular Hbond substituents is 1. The molecule has 3 nitrogen and oxygen atoms in total. The molecule has 1 aliphatic carbocycles. The molecule has 1 aliphatic rings. The van der Waals surface area contributed by atoms with Crippen LogP contribution in [0.15, 0.2) is 48.5 Å². The standard InChI is InChI=1S/C19H20O3/c1-12-18(13-6-4-3-5-7-13)15(11-20)19(12)14-8-9-16(21)17(10-14)22-2/h3-12,15,18-19,21H,1-2H3/t12-,15+,18?,19-/m0/s1. The summed E-state index contributed by atoms with van der Waals surface area (Å²) in [5.74, 6) is 1.33. The van der Waals surface area contributed by atoms with Crippen LogP contribution in [0, 0.1) is 11.8 Å². The largest absolute Gasteiger partial charge is 0.504 e. The molecule has 0 amide bonds. The number of hydrogen-bond donors (Lipinski definition) is 1. The summed E-state index contributed by atoms with van der Waals surface area (Å²) in [6.45, 7) is 2.18. The van der Waals surface area contributed by atoms with E-state index in [0.29, 0.717) is 11.7 Å². The predicted molar refractivity (Wildman–Crippen MR) is 85.3 cm³/mol. The lowest BCUT2D eigenvalue weighted by Gasteiger charge is -2.49. The highest BCUT2D eigenvalue weighted by molar-refractivity contribution is 5.62. The molecular formula is C19H20O3. The molecular weight excluding hydrogens is 276 g/mol. The van der Waals surface area contributed by atoms with Crippen molar-refractivity contribution in [3.8, 4) is 11.5 Å². The van der Waals surface area contributed by atoms with Gasteiger partial charge in [-0.05, 0) is 41.0 Å². The Morgan fingerprint density at radius 2 is 1.73 bits per heavy atom. The van der Waals surface area contributed by atoms with Gasteiger partial charge < -0.3 is 14.6 Å². The third kappa shape index (κ3) is 2.27. The number of aromatic hydroxyl groups is 1. The number of rotatable bonds is 4. The monoisotopic (exact) mass is 296 g/mol. The summed E-state index contributed by atoms with van der Waals surface area (Å²) in [6.07, 6.45) is 1.07. The fourth-order valence-electron chi connectivity index (χ4n) is 3.80. The molecule has 0 aromatic heterocycles. The average molecular weight is 296 g/mol. The molecule has 2 aromatic carbocycles. The first-order chi connectivity index (χ1) is 10.7. The Kier molecular flexibility index (Phi) is 3.88. The van der Waals surface area contributed by atoms with Crippen LogP contribution in [0.5, 0.6) is 11.5 Å². The highest BCUT2D eigenvalue weighted by Gasteiger charge is 2.48. The summed E-state index contributed by atoms with van der Waals surface area (Å²) in [5, 5.41) is 9.73. The lowest BCUT2D eigenvalue weighted by Crippen LogP contribution is -2.42. The van der Waals surface area contributed by atoms with Crippen LogP contribution in [0.4, 0.5) is 0 Å². The van der Waals surface area contributed by atoms with Crippen molar-refractivity contribution in [3.63, 3.8) is 0 Å². The summed E-state index contributed by atoms with van der Waals surface area (Å²) >= 11 is 0. The summed E-state index contributed by atoms with van der Waals surface area (Å²) < 4.78 is 5.18. The van der Waals surface area contributed by atoms with Gasteiger partial charge in [-0.3, -0.25) is 0 Å². The van der Waals surface area contributed by atoms with E-state index in [1.54, 1.807) is 6.07 Å². The van der Waals surface area contributed by atoms with E-state index in [-0.39, 0.29) is 23.5 Å². The number of carbonyl (C=O) groups is 1. The van der Waals surface area contributed by atoms with Gasteiger partial charge in [0.25, 0.3) is 0 Å². The Morgan fingerprint density at radius 1 is 1.05 bits per heavy atom. The van der Waals surface area contributed by atoms with Crippen molar-refractivity contribution in [3.05, 3.63) is 59.7 Å². The first-order valence-electron chi connectivity index (χ1n) is 7.54. The maximum atomic E-state index is 11.6. The Balaban J connectivity index is 1.91. The van der Waals surface area contributed by atoms with E-state index in [0.717, 1.165) is 11.8 Å². The Bertz CT molecular complexity index is 666. The van der Waals surface area contributed by atoms with Gasteiger partial charge in [-0.1, -0.05) is 43.3 Å². The molecule has 1 unspecified atom stereocenters. The predicted octanol–water partition coefficient (Wildman–Crippen LogP) is 3.73. The maximum Gasteiger partial charge on any atom is 0.160 e. The van der Waals surface area contributed by atoms with Crippen LogP contribution >= 0.6 is 0 Å². The van der Waals surface area contributed by atoms with Crippen LogP contribution in [0.2, 0.25) is 0 Å². The van der Waals surface area contributed by atoms with E-state index in [1.165, 1.54) is 12.7 Å². The molecule has 2 aromatic rings. The van der Waals surface area contributed by atoms with Gasteiger partial charge in [0.1, 0.15) is 6.29 Å². The van der Waals surface area contributed by atoms with Crippen LogP contribution in [0.3, 0.4) is 0 Å². The fourth-order valence-corrected chi connectivity index (χ4v) is 3.80. The molecule has 0 heterocycles. The second-order valence-electron chi connectivity index (χ2n) is 5.97. The van der Waals surface area contributed by atoms with Crippen molar-refractivity contribution >= 4 is 6.29 Å². The third-order valence-electron chi connectivity index (χ3n) is 4.89. The van der Waals surface area contributed by atoms with Crippen LogP contribution in [-0.4, -0.2) is 18.5 Å². The molecule has 0 saturated heterocycles. The zero-order valence-corrected chi connectivity index (χ0v) is 12.8. The number of aldehydes is 1. The highest BCUT2D eigenvalue weighted by Crippen LogP contribution is 2.56. The second-order valence-corrected chi connectivity index (χ2v) is 5.97. The van der Waals surface area contributed by atoms with Gasteiger partial charge in [0.2, 0.25) is 0 Å². The molecule has 0 radical (unpaired) electrons. The van der Waals surface area contributed by atoms with E-state index in [2.05, 4.69) is 19.1 Å². The topological polar surface area (TPSA) is 46.5 Å². The molecule has 1 fully saturated rings. The van der Waals surface area contributed by atoms with E-state index in [1.807, 2.05) is 30.3 Å². The zero-order chi connectivity index (χ0) is 15.7. The van der Waals surface area contributed by atoms with Crippen LogP contribution < -0.4 is 4.74 Å². The summed E-state index contributed by atoms with van der Waals surface area (Å²) in [5.41, 5.74) is 2.26. The quantitative estimate of drug-likeness (QED) is 0.874. The van der Waals surface area contributed by atoms with Crippen LogP contribution in [0.1, 0.15) is 29.9 Å². The number of hydrogen-bond acceptors (Lipinski definition) is 3. The SMILES string of the molecule is COc1cc([C@H]2[C@H](C=O)C(c3ccccc3)[C@@H]2C)ccc1O. The minimum atomic E-state index is -0.0355. The van der Waals surface area contributed by atoms with Gasteiger partial charge >= 0.3 is 0 Å². The molecule has 0 spiro atoms. The van der Waals surface area contributed by atoms with Gasteiger partial charge in [-0.25, -0.2) is 0 Å². The van der Waals surface area contributed by atoms with E-state index >= 15 is 0 Å². The lowest BCUT2D eigenvalue weighted by atomic mass is 9.54. The van der Waals surface area contributed by atoms with Gasteiger partial charge in [0, 0.05) is 5.92 Å². The van der Waals surface area contributed by atoms with Gasteiger partial charge in [-0.2, -0.15) is 0 Å². The summed E-state index contributed by atoms with van der Waals surface area (Å²) in [4.78, 5) is 11.6. The highest BCUT2D eigenvalue weighted by atomic mass is 16.5. The second kappa shape index (κ2) is 5.84. The maximum absolute atomic E-state index is 11.6. The van der Waals surface area contributed by atoms with Crippen molar-refractivity contribution in [2.75, 3.05) is 7.11 Å². The average Bonchev–Trinajstić information content (AvgIpc) is 2.55. The third-order valence-corrected chi connectivity index (χ3v) is 4.89. The Labute approximate surface area is 130 Å². The number of ether oxygens (including phenoxy) is 1. The Hall–Kier alpha value is -2.29.